The molecule has 0 unspecified atom stereocenters. The molecule has 0 amide bonds. The molecule has 0 aliphatic heterocycles. The van der Waals surface area contributed by atoms with Crippen molar-refractivity contribution >= 4 is 15.8 Å². The number of benzene rings is 2. The molecule has 1 saturated carbocycles. The number of hydrogen-bond donors (Lipinski definition) is 1. The Morgan fingerprint density at radius 1 is 1.08 bits per heavy atom. The van der Waals surface area contributed by atoms with E-state index in [1.807, 2.05) is 0 Å². The fraction of sp³-hybridized carbons (Fsp3) is 0.316. The SMILES string of the molecule is O=C(c1ccc(S(=O)(=O)NCCCOc2ccc(F)cc2)cc1)C1CC1. The molecule has 2 aromatic carbocycles. The van der Waals surface area contributed by atoms with Crippen LogP contribution in [0.4, 0.5) is 4.39 Å². The van der Waals surface area contributed by atoms with Crippen molar-refractivity contribution in [1.29, 1.82) is 0 Å². The molecule has 0 atom stereocenters. The summed E-state index contributed by atoms with van der Waals surface area (Å²) < 4.78 is 45.2. The minimum absolute atomic E-state index is 0.0832. The summed E-state index contributed by atoms with van der Waals surface area (Å²) in [5, 5.41) is 0. The average molecular weight is 377 g/mol. The highest BCUT2D eigenvalue weighted by molar-refractivity contribution is 7.89. The number of hydrogen-bond acceptors (Lipinski definition) is 4. The zero-order chi connectivity index (χ0) is 18.6. The first-order valence-corrected chi connectivity index (χ1v) is 9.96. The Hall–Kier alpha value is -2.25. The summed E-state index contributed by atoms with van der Waals surface area (Å²) in [7, 11) is -3.62. The maximum atomic E-state index is 12.8. The third kappa shape index (κ3) is 4.89. The molecule has 0 saturated heterocycles. The Bertz CT molecular complexity index is 859. The first-order chi connectivity index (χ1) is 12.5. The summed E-state index contributed by atoms with van der Waals surface area (Å²) in [5.41, 5.74) is 0.555. The molecule has 0 bridgehead atoms. The van der Waals surface area contributed by atoms with E-state index in [9.17, 15) is 17.6 Å². The maximum Gasteiger partial charge on any atom is 0.240 e. The van der Waals surface area contributed by atoms with Gasteiger partial charge in [-0.1, -0.05) is 12.1 Å². The monoisotopic (exact) mass is 377 g/mol. The third-order valence-corrected chi connectivity index (χ3v) is 5.57. The molecule has 1 aliphatic carbocycles. The van der Waals surface area contributed by atoms with Crippen LogP contribution in [0.25, 0.3) is 0 Å². The van der Waals surface area contributed by atoms with E-state index in [-0.39, 0.29) is 29.0 Å². The van der Waals surface area contributed by atoms with Crippen LogP contribution in [0.2, 0.25) is 0 Å². The lowest BCUT2D eigenvalue weighted by atomic mass is 10.1. The molecule has 26 heavy (non-hydrogen) atoms. The van der Waals surface area contributed by atoms with Crippen LogP contribution in [-0.2, 0) is 10.0 Å². The van der Waals surface area contributed by atoms with Gasteiger partial charge in [-0.3, -0.25) is 4.79 Å². The number of Topliss-reactive ketones (excluding diaryl/α,β-unsaturated/α-hetero) is 1. The maximum absolute atomic E-state index is 12.8. The van der Waals surface area contributed by atoms with E-state index >= 15 is 0 Å². The summed E-state index contributed by atoms with van der Waals surface area (Å²) in [6.45, 7) is 0.523. The van der Waals surface area contributed by atoms with Crippen molar-refractivity contribution in [2.24, 2.45) is 5.92 Å². The van der Waals surface area contributed by atoms with Crippen LogP contribution in [0.15, 0.2) is 53.4 Å². The molecule has 138 valence electrons. The van der Waals surface area contributed by atoms with Crippen molar-refractivity contribution in [3.05, 3.63) is 59.9 Å². The molecular weight excluding hydrogens is 357 g/mol. The van der Waals surface area contributed by atoms with Crippen LogP contribution >= 0.6 is 0 Å². The average Bonchev–Trinajstić information content (AvgIpc) is 3.47. The van der Waals surface area contributed by atoms with E-state index in [1.165, 1.54) is 36.4 Å². The molecule has 0 spiro atoms. The van der Waals surface area contributed by atoms with Gasteiger partial charge < -0.3 is 4.74 Å². The van der Waals surface area contributed by atoms with E-state index in [0.29, 0.717) is 24.3 Å². The molecule has 0 radical (unpaired) electrons. The number of halogens is 1. The second-order valence-electron chi connectivity index (χ2n) is 6.22. The summed E-state index contributed by atoms with van der Waals surface area (Å²) in [5.74, 6) is 0.386. The Labute approximate surface area is 152 Å². The largest absolute Gasteiger partial charge is 0.494 e. The molecule has 3 rings (SSSR count). The first-order valence-electron chi connectivity index (χ1n) is 8.48. The standard InChI is InChI=1S/C19H20FNO4S/c20-16-6-8-17(9-7-16)25-13-1-12-21-26(23,24)18-10-4-15(5-11-18)19(22)14-2-3-14/h4-11,14,21H,1-3,12-13H2. The van der Waals surface area contributed by atoms with E-state index in [1.54, 1.807) is 12.1 Å². The minimum Gasteiger partial charge on any atom is -0.494 e. The highest BCUT2D eigenvalue weighted by Crippen LogP contribution is 2.32. The van der Waals surface area contributed by atoms with Gasteiger partial charge in [0.2, 0.25) is 10.0 Å². The van der Waals surface area contributed by atoms with Gasteiger partial charge in [0.1, 0.15) is 11.6 Å². The van der Waals surface area contributed by atoms with Gasteiger partial charge in [-0.15, -0.1) is 0 Å². The molecule has 5 nitrogen and oxygen atoms in total. The van der Waals surface area contributed by atoms with Crippen molar-refractivity contribution in [3.8, 4) is 5.75 Å². The van der Waals surface area contributed by atoms with Gasteiger partial charge in [-0.2, -0.15) is 0 Å². The number of rotatable bonds is 9. The van der Waals surface area contributed by atoms with Crippen molar-refractivity contribution < 1.29 is 22.3 Å². The van der Waals surface area contributed by atoms with Gasteiger partial charge in [0.15, 0.2) is 5.78 Å². The van der Waals surface area contributed by atoms with Crippen molar-refractivity contribution in [2.75, 3.05) is 13.2 Å². The number of ketones is 1. The van der Waals surface area contributed by atoms with Crippen molar-refractivity contribution in [2.45, 2.75) is 24.2 Å². The van der Waals surface area contributed by atoms with Gasteiger partial charge in [0, 0.05) is 18.0 Å². The normalized spacial score (nSPS) is 14.2. The highest BCUT2D eigenvalue weighted by atomic mass is 32.2. The quantitative estimate of drug-likeness (QED) is 0.538. The Kier molecular flexibility index (Phi) is 5.68. The lowest BCUT2D eigenvalue weighted by Crippen LogP contribution is -2.26. The Balaban J connectivity index is 1.46. The summed E-state index contributed by atoms with van der Waals surface area (Å²) in [6.07, 6.45) is 2.30. The van der Waals surface area contributed by atoms with Gasteiger partial charge in [-0.25, -0.2) is 17.5 Å². The second kappa shape index (κ2) is 7.97. The predicted octanol–water partition coefficient (Wildman–Crippen LogP) is 3.17. The van der Waals surface area contributed by atoms with E-state index in [4.69, 9.17) is 4.74 Å². The van der Waals surface area contributed by atoms with Gasteiger partial charge in [-0.05, 0) is 55.7 Å². The first kappa shape index (κ1) is 18.5. The zero-order valence-electron chi connectivity index (χ0n) is 14.2. The van der Waals surface area contributed by atoms with E-state index in [0.717, 1.165) is 12.8 Å². The Morgan fingerprint density at radius 3 is 2.35 bits per heavy atom. The smallest absolute Gasteiger partial charge is 0.240 e. The molecular formula is C19H20FNO4S. The number of sulfonamides is 1. The number of nitrogens with one attached hydrogen (secondary N) is 1. The lowest BCUT2D eigenvalue weighted by Gasteiger charge is -2.09. The molecule has 7 heteroatoms. The topological polar surface area (TPSA) is 72.5 Å². The fourth-order valence-electron chi connectivity index (χ4n) is 2.46. The van der Waals surface area contributed by atoms with Crippen LogP contribution in [0, 0.1) is 11.7 Å². The van der Waals surface area contributed by atoms with Crippen LogP contribution in [0.1, 0.15) is 29.6 Å². The molecule has 1 aliphatic rings. The molecule has 0 aromatic heterocycles. The highest BCUT2D eigenvalue weighted by Gasteiger charge is 2.30. The summed E-state index contributed by atoms with van der Waals surface area (Å²) >= 11 is 0. The van der Waals surface area contributed by atoms with Crippen LogP contribution in [0.5, 0.6) is 5.75 Å². The zero-order valence-corrected chi connectivity index (χ0v) is 15.0. The Morgan fingerprint density at radius 2 is 1.73 bits per heavy atom. The van der Waals surface area contributed by atoms with E-state index < -0.39 is 10.0 Å². The number of carbonyl (C=O) groups excluding carboxylic acids is 1. The van der Waals surface area contributed by atoms with Crippen molar-refractivity contribution in [1.82, 2.24) is 4.72 Å². The fourth-order valence-corrected chi connectivity index (χ4v) is 3.54. The van der Waals surface area contributed by atoms with Crippen LogP contribution in [-0.4, -0.2) is 27.4 Å². The lowest BCUT2D eigenvalue weighted by molar-refractivity contribution is 0.0967. The summed E-state index contributed by atoms with van der Waals surface area (Å²) in [4.78, 5) is 12.1. The number of carbonyl (C=O) groups is 1. The minimum atomic E-state index is -3.62. The van der Waals surface area contributed by atoms with Gasteiger partial charge >= 0.3 is 0 Å². The molecule has 2 aromatic rings. The number of ether oxygens (including phenoxy) is 1. The molecule has 0 heterocycles. The third-order valence-electron chi connectivity index (χ3n) is 4.09. The van der Waals surface area contributed by atoms with Gasteiger partial charge in [0.05, 0.1) is 11.5 Å². The van der Waals surface area contributed by atoms with Crippen LogP contribution in [0.3, 0.4) is 0 Å². The van der Waals surface area contributed by atoms with Crippen LogP contribution < -0.4 is 9.46 Å². The second-order valence-corrected chi connectivity index (χ2v) is 7.98. The summed E-state index contributed by atoms with van der Waals surface area (Å²) in [6, 6.07) is 11.7. The van der Waals surface area contributed by atoms with Gasteiger partial charge in [0.25, 0.3) is 0 Å². The molecule has 1 N–H and O–H groups in total. The predicted molar refractivity (Wildman–Crippen MR) is 95.2 cm³/mol. The van der Waals surface area contributed by atoms with Crippen molar-refractivity contribution in [3.63, 3.8) is 0 Å². The molecule has 1 fully saturated rings. The van der Waals surface area contributed by atoms with E-state index in [2.05, 4.69) is 4.72 Å².